The minimum Gasteiger partial charge on any atom is -0.378 e. The van der Waals surface area contributed by atoms with Crippen LogP contribution in [0.2, 0.25) is 0 Å². The molecule has 5 heteroatoms. The molecule has 2 heterocycles. The van der Waals surface area contributed by atoms with Crippen molar-refractivity contribution in [2.45, 2.75) is 0 Å². The molecule has 0 bridgehead atoms. The zero-order valence-electron chi connectivity index (χ0n) is 12.9. The second-order valence-electron chi connectivity index (χ2n) is 6.09. The van der Waals surface area contributed by atoms with Crippen LogP contribution in [0, 0.1) is 11.3 Å². The van der Waals surface area contributed by atoms with Gasteiger partial charge in [0.15, 0.2) is 0 Å². The Balaban J connectivity index is 1.85. The number of amides is 1. The summed E-state index contributed by atoms with van der Waals surface area (Å²) in [5.41, 5.74) is 4.51. The summed E-state index contributed by atoms with van der Waals surface area (Å²) in [4.78, 5) is 18.6. The molecule has 0 spiro atoms. The Hall–Kier alpha value is -2.97. The number of benzene rings is 2. The molecule has 1 saturated heterocycles. The third-order valence-corrected chi connectivity index (χ3v) is 4.91. The summed E-state index contributed by atoms with van der Waals surface area (Å²) >= 11 is 0. The van der Waals surface area contributed by atoms with Crippen LogP contribution < -0.4 is 4.90 Å². The molecule has 1 fully saturated rings. The van der Waals surface area contributed by atoms with Crippen LogP contribution in [0.4, 0.5) is 5.69 Å². The van der Waals surface area contributed by atoms with E-state index in [1.165, 1.54) is 0 Å². The summed E-state index contributed by atoms with van der Waals surface area (Å²) in [5, 5.41) is 11.6. The number of carbonyl (C=O) groups excluding carboxylic acids is 1. The molecule has 0 aromatic heterocycles. The molecule has 0 N–H and O–H groups in total. The fraction of sp³-hybridized carbons (Fsp3) is 0.211. The van der Waals surface area contributed by atoms with Crippen molar-refractivity contribution < 1.29 is 9.53 Å². The molecule has 1 amide bonds. The van der Waals surface area contributed by atoms with E-state index in [1.54, 1.807) is 0 Å². The molecule has 2 aromatic rings. The number of fused-ring (bicyclic) bond motifs is 3. The fourth-order valence-corrected chi connectivity index (χ4v) is 3.87. The maximum atomic E-state index is 12.1. The van der Waals surface area contributed by atoms with E-state index in [4.69, 9.17) is 4.74 Å². The van der Waals surface area contributed by atoms with Crippen molar-refractivity contribution in [1.29, 1.82) is 5.26 Å². The third kappa shape index (κ3) is 1.61. The van der Waals surface area contributed by atoms with Crippen molar-refractivity contribution in [3.63, 3.8) is 0 Å². The zero-order valence-corrected chi connectivity index (χ0v) is 12.9. The first kappa shape index (κ1) is 13.5. The Labute approximate surface area is 138 Å². The standard InChI is InChI=1S/C19H13N3O2/c20-10-13-16-12-3-1-2-11-4-5-14(22-6-8-24-9-7-22)17(15(11)12)18(16)21-19(13)23/h1-5H,6-9H2. The number of carbonyl (C=O) groups is 1. The van der Waals surface area contributed by atoms with Crippen LogP contribution in [-0.2, 0) is 9.53 Å². The Kier molecular flexibility index (Phi) is 2.67. The smallest absolute Gasteiger partial charge is 0.288 e. The van der Waals surface area contributed by atoms with Gasteiger partial charge in [0.25, 0.3) is 5.91 Å². The van der Waals surface area contributed by atoms with E-state index in [0.29, 0.717) is 24.5 Å². The summed E-state index contributed by atoms with van der Waals surface area (Å²) in [6.07, 6.45) is 0. The van der Waals surface area contributed by atoms with Crippen LogP contribution in [-0.4, -0.2) is 37.9 Å². The number of morpholine rings is 1. The first-order valence-electron chi connectivity index (χ1n) is 7.96. The van der Waals surface area contributed by atoms with Gasteiger partial charge in [-0.1, -0.05) is 24.3 Å². The fourth-order valence-electron chi connectivity index (χ4n) is 3.87. The van der Waals surface area contributed by atoms with Gasteiger partial charge < -0.3 is 9.64 Å². The molecule has 0 saturated carbocycles. The normalized spacial score (nSPS) is 18.9. The average molecular weight is 315 g/mol. The summed E-state index contributed by atoms with van der Waals surface area (Å²) in [6, 6.07) is 12.2. The Morgan fingerprint density at radius 2 is 2.00 bits per heavy atom. The van der Waals surface area contributed by atoms with Gasteiger partial charge in [-0.3, -0.25) is 4.79 Å². The summed E-state index contributed by atoms with van der Waals surface area (Å²) in [6.45, 7) is 3.01. The highest BCUT2D eigenvalue weighted by Gasteiger charge is 2.38. The lowest BCUT2D eigenvalue weighted by Crippen LogP contribution is -2.37. The van der Waals surface area contributed by atoms with Gasteiger partial charge in [0.2, 0.25) is 0 Å². The molecule has 5 nitrogen and oxygen atoms in total. The molecule has 0 unspecified atom stereocenters. The maximum absolute atomic E-state index is 12.1. The van der Waals surface area contributed by atoms with Gasteiger partial charge in [0.1, 0.15) is 11.6 Å². The van der Waals surface area contributed by atoms with Gasteiger partial charge in [-0.15, -0.1) is 0 Å². The number of anilines is 1. The number of ether oxygens (including phenoxy) is 1. The van der Waals surface area contributed by atoms with E-state index in [2.05, 4.69) is 28.1 Å². The first-order chi connectivity index (χ1) is 11.8. The van der Waals surface area contributed by atoms with Crippen molar-refractivity contribution >= 4 is 33.7 Å². The number of rotatable bonds is 1. The topological polar surface area (TPSA) is 65.7 Å². The lowest BCUT2D eigenvalue weighted by atomic mass is 10.0. The van der Waals surface area contributed by atoms with Crippen molar-refractivity contribution in [3.05, 3.63) is 47.0 Å². The van der Waals surface area contributed by atoms with Crippen LogP contribution in [0.3, 0.4) is 0 Å². The van der Waals surface area contributed by atoms with Crippen molar-refractivity contribution in [3.8, 4) is 6.07 Å². The van der Waals surface area contributed by atoms with Crippen LogP contribution in [0.1, 0.15) is 11.1 Å². The average Bonchev–Trinajstić information content (AvgIpc) is 3.12. The Bertz CT molecular complexity index is 1020. The van der Waals surface area contributed by atoms with Gasteiger partial charge in [-0.05, 0) is 17.0 Å². The van der Waals surface area contributed by atoms with Crippen molar-refractivity contribution in [2.24, 2.45) is 4.99 Å². The molecule has 1 aliphatic carbocycles. The van der Waals surface area contributed by atoms with Crippen LogP contribution in [0.25, 0.3) is 16.3 Å². The highest BCUT2D eigenvalue weighted by Crippen LogP contribution is 2.46. The molecule has 116 valence electrons. The highest BCUT2D eigenvalue weighted by molar-refractivity contribution is 6.51. The first-order valence-corrected chi connectivity index (χ1v) is 7.96. The van der Waals surface area contributed by atoms with E-state index in [0.717, 1.165) is 40.7 Å². The lowest BCUT2D eigenvalue weighted by molar-refractivity contribution is -0.113. The Morgan fingerprint density at radius 1 is 1.17 bits per heavy atom. The van der Waals surface area contributed by atoms with Crippen molar-refractivity contribution in [1.82, 2.24) is 0 Å². The molecule has 0 radical (unpaired) electrons. The van der Waals surface area contributed by atoms with E-state index >= 15 is 0 Å². The minimum atomic E-state index is -0.429. The predicted molar refractivity (Wildman–Crippen MR) is 91.1 cm³/mol. The number of hydrogen-bond acceptors (Lipinski definition) is 4. The van der Waals surface area contributed by atoms with E-state index in [-0.39, 0.29) is 5.57 Å². The quantitative estimate of drug-likeness (QED) is 0.810. The zero-order chi connectivity index (χ0) is 16.3. The van der Waals surface area contributed by atoms with Gasteiger partial charge in [-0.2, -0.15) is 5.26 Å². The summed E-state index contributed by atoms with van der Waals surface area (Å²) in [5.74, 6) is -0.429. The predicted octanol–water partition coefficient (Wildman–Crippen LogP) is 2.30. The molecular weight excluding hydrogens is 302 g/mol. The maximum Gasteiger partial charge on any atom is 0.288 e. The van der Waals surface area contributed by atoms with Gasteiger partial charge >= 0.3 is 0 Å². The molecular formula is C19H13N3O2. The van der Waals surface area contributed by atoms with Gasteiger partial charge in [-0.25, -0.2) is 4.99 Å². The number of hydrogen-bond donors (Lipinski definition) is 0. The van der Waals surface area contributed by atoms with Crippen LogP contribution >= 0.6 is 0 Å². The SMILES string of the molecule is N#CC1=C2C(=NC1=O)c1c(N3CCOCC3)ccc3cccc2c13. The molecule has 2 aliphatic heterocycles. The molecule has 3 aliphatic rings. The highest BCUT2D eigenvalue weighted by atomic mass is 16.5. The van der Waals surface area contributed by atoms with E-state index in [9.17, 15) is 10.1 Å². The Morgan fingerprint density at radius 3 is 2.79 bits per heavy atom. The van der Waals surface area contributed by atoms with Gasteiger partial charge in [0, 0.05) is 35.3 Å². The second-order valence-corrected chi connectivity index (χ2v) is 6.09. The summed E-state index contributed by atoms with van der Waals surface area (Å²) < 4.78 is 5.45. The van der Waals surface area contributed by atoms with E-state index < -0.39 is 5.91 Å². The molecule has 24 heavy (non-hydrogen) atoms. The number of nitriles is 1. The van der Waals surface area contributed by atoms with Gasteiger partial charge in [0.05, 0.1) is 18.9 Å². The molecule has 5 rings (SSSR count). The number of allylic oxidation sites excluding steroid dienone is 1. The third-order valence-electron chi connectivity index (χ3n) is 4.91. The minimum absolute atomic E-state index is 0.154. The largest absolute Gasteiger partial charge is 0.378 e. The summed E-state index contributed by atoms with van der Waals surface area (Å²) in [7, 11) is 0. The number of aliphatic imine (C=N–C) groups is 1. The van der Waals surface area contributed by atoms with Crippen LogP contribution in [0.15, 0.2) is 40.9 Å². The number of nitrogens with zero attached hydrogens (tertiary/aromatic N) is 3. The van der Waals surface area contributed by atoms with Crippen molar-refractivity contribution in [2.75, 3.05) is 31.2 Å². The van der Waals surface area contributed by atoms with Crippen LogP contribution in [0.5, 0.6) is 0 Å². The lowest BCUT2D eigenvalue weighted by Gasteiger charge is -2.30. The second kappa shape index (κ2) is 4.76. The monoisotopic (exact) mass is 315 g/mol. The van der Waals surface area contributed by atoms with E-state index in [1.807, 2.05) is 18.2 Å². The molecule has 0 atom stereocenters. The molecule has 2 aromatic carbocycles.